The Kier molecular flexibility index (Phi) is 6.18. The van der Waals surface area contributed by atoms with Crippen LogP contribution in [0.2, 0.25) is 0 Å². The van der Waals surface area contributed by atoms with Gasteiger partial charge in [0.2, 0.25) is 5.91 Å². The SMILES string of the molecule is O=C(C1=NN(c2ccccc2)C(=O)CC1)N(Cc1nc2ccccc2c(=O)[nH]1)C[C@H]1CCCO1. The summed E-state index contributed by atoms with van der Waals surface area (Å²) in [5, 5.41) is 6.20. The van der Waals surface area contributed by atoms with Crippen LogP contribution in [-0.4, -0.2) is 51.6 Å². The highest BCUT2D eigenvalue weighted by molar-refractivity contribution is 6.40. The Morgan fingerprint density at radius 2 is 1.88 bits per heavy atom. The molecule has 0 aliphatic carbocycles. The molecule has 1 saturated heterocycles. The molecular weight excluding hydrogens is 434 g/mol. The van der Waals surface area contributed by atoms with Gasteiger partial charge in [0.1, 0.15) is 11.5 Å². The van der Waals surface area contributed by atoms with Gasteiger partial charge in [0, 0.05) is 26.0 Å². The standard InChI is InChI=1S/C25H25N5O4/c31-23-13-12-21(28-30(23)17-7-2-1-3-8-17)25(33)29(15-18-9-6-14-34-18)16-22-26-20-11-5-4-10-19(20)24(32)27-22/h1-5,7-8,10-11,18H,6,9,12-16H2,(H,26,27,32)/t18-/m1/s1. The highest BCUT2D eigenvalue weighted by Gasteiger charge is 2.31. The van der Waals surface area contributed by atoms with Gasteiger partial charge in [0.25, 0.3) is 11.5 Å². The molecule has 5 rings (SSSR count). The Hall–Kier alpha value is -3.85. The summed E-state index contributed by atoms with van der Waals surface area (Å²) in [6.45, 7) is 1.12. The molecule has 0 radical (unpaired) electrons. The van der Waals surface area contributed by atoms with Crippen molar-refractivity contribution in [2.24, 2.45) is 5.10 Å². The van der Waals surface area contributed by atoms with Crippen LogP contribution in [0.15, 0.2) is 64.5 Å². The van der Waals surface area contributed by atoms with E-state index in [2.05, 4.69) is 15.1 Å². The van der Waals surface area contributed by atoms with Crippen LogP contribution >= 0.6 is 0 Å². The number of nitrogens with zero attached hydrogens (tertiary/aromatic N) is 4. The molecule has 3 heterocycles. The maximum Gasteiger partial charge on any atom is 0.270 e. The number of hydrogen-bond donors (Lipinski definition) is 1. The number of hydrogen-bond acceptors (Lipinski definition) is 6. The summed E-state index contributed by atoms with van der Waals surface area (Å²) >= 11 is 0. The number of amides is 2. The van der Waals surface area contributed by atoms with E-state index in [1.165, 1.54) is 5.01 Å². The summed E-state index contributed by atoms with van der Waals surface area (Å²) in [5.74, 6) is -0.0591. The van der Waals surface area contributed by atoms with Gasteiger partial charge < -0.3 is 14.6 Å². The number of anilines is 1. The Bertz CT molecular complexity index is 1300. The Morgan fingerprint density at radius 1 is 1.09 bits per heavy atom. The summed E-state index contributed by atoms with van der Waals surface area (Å²) in [7, 11) is 0. The van der Waals surface area contributed by atoms with Crippen LogP contribution in [0.4, 0.5) is 5.69 Å². The normalized spacial score (nSPS) is 18.2. The molecule has 0 saturated carbocycles. The lowest BCUT2D eigenvalue weighted by Crippen LogP contribution is -2.44. The highest BCUT2D eigenvalue weighted by atomic mass is 16.5. The molecule has 2 aliphatic heterocycles. The van der Waals surface area contributed by atoms with E-state index in [4.69, 9.17) is 4.74 Å². The smallest absolute Gasteiger partial charge is 0.270 e. The van der Waals surface area contributed by atoms with E-state index in [0.29, 0.717) is 41.3 Å². The van der Waals surface area contributed by atoms with Crippen molar-refractivity contribution in [3.05, 3.63) is 70.8 Å². The number of aromatic amines is 1. The number of hydrazone groups is 1. The van der Waals surface area contributed by atoms with Gasteiger partial charge >= 0.3 is 0 Å². The first-order valence-corrected chi connectivity index (χ1v) is 11.4. The molecule has 0 unspecified atom stereocenters. The topological polar surface area (TPSA) is 108 Å². The minimum absolute atomic E-state index is 0.0906. The average molecular weight is 460 g/mol. The maximum atomic E-state index is 13.6. The largest absolute Gasteiger partial charge is 0.376 e. The number of para-hydroxylation sites is 2. The van der Waals surface area contributed by atoms with Crippen molar-refractivity contribution in [2.45, 2.75) is 38.3 Å². The first kappa shape index (κ1) is 22.0. The molecule has 1 aromatic heterocycles. The van der Waals surface area contributed by atoms with Crippen molar-refractivity contribution in [2.75, 3.05) is 18.2 Å². The molecule has 2 aromatic carbocycles. The molecule has 9 heteroatoms. The third-order valence-corrected chi connectivity index (χ3v) is 6.02. The van der Waals surface area contributed by atoms with E-state index in [1.807, 2.05) is 24.3 Å². The number of benzene rings is 2. The van der Waals surface area contributed by atoms with Crippen molar-refractivity contribution in [1.29, 1.82) is 0 Å². The molecular formula is C25H25N5O4. The van der Waals surface area contributed by atoms with Crippen molar-refractivity contribution in [1.82, 2.24) is 14.9 Å². The summed E-state index contributed by atoms with van der Waals surface area (Å²) in [4.78, 5) is 47.6. The van der Waals surface area contributed by atoms with Crippen molar-refractivity contribution in [3.63, 3.8) is 0 Å². The molecule has 1 atom stereocenters. The van der Waals surface area contributed by atoms with Crippen molar-refractivity contribution in [3.8, 4) is 0 Å². The quantitative estimate of drug-likeness (QED) is 0.610. The number of fused-ring (bicyclic) bond motifs is 1. The van der Waals surface area contributed by atoms with Crippen LogP contribution in [0.5, 0.6) is 0 Å². The van der Waals surface area contributed by atoms with Crippen LogP contribution in [0, 0.1) is 0 Å². The molecule has 0 bridgehead atoms. The van der Waals surface area contributed by atoms with Crippen LogP contribution in [-0.2, 0) is 20.9 Å². The summed E-state index contributed by atoms with van der Waals surface area (Å²) in [6, 6.07) is 16.1. The van der Waals surface area contributed by atoms with E-state index in [9.17, 15) is 14.4 Å². The Morgan fingerprint density at radius 3 is 2.68 bits per heavy atom. The fourth-order valence-corrected chi connectivity index (χ4v) is 4.30. The molecule has 2 amide bonds. The average Bonchev–Trinajstić information content (AvgIpc) is 3.37. The first-order chi connectivity index (χ1) is 16.6. The lowest BCUT2D eigenvalue weighted by molar-refractivity contribution is -0.126. The monoisotopic (exact) mass is 459 g/mol. The number of H-pyrrole nitrogens is 1. The molecule has 9 nitrogen and oxygen atoms in total. The van der Waals surface area contributed by atoms with Crippen LogP contribution in [0.3, 0.4) is 0 Å². The summed E-state index contributed by atoms with van der Waals surface area (Å²) in [5.41, 5.74) is 1.23. The van der Waals surface area contributed by atoms with E-state index in [0.717, 1.165) is 12.8 Å². The molecule has 3 aromatic rings. The van der Waals surface area contributed by atoms with Crippen LogP contribution in [0.1, 0.15) is 31.5 Å². The molecule has 2 aliphatic rings. The van der Waals surface area contributed by atoms with Gasteiger partial charge in [-0.25, -0.2) is 9.99 Å². The predicted molar refractivity (Wildman–Crippen MR) is 127 cm³/mol. The first-order valence-electron chi connectivity index (χ1n) is 11.4. The molecule has 34 heavy (non-hydrogen) atoms. The second-order valence-corrected chi connectivity index (χ2v) is 8.44. The third kappa shape index (κ3) is 4.60. The van der Waals surface area contributed by atoms with Gasteiger partial charge in [0.15, 0.2) is 0 Å². The van der Waals surface area contributed by atoms with Gasteiger partial charge in [-0.2, -0.15) is 5.10 Å². The zero-order chi connectivity index (χ0) is 23.5. The van der Waals surface area contributed by atoms with Crippen LogP contribution < -0.4 is 10.6 Å². The molecule has 1 N–H and O–H groups in total. The Labute approximate surface area is 196 Å². The van der Waals surface area contributed by atoms with E-state index in [-0.39, 0.29) is 42.9 Å². The number of rotatable bonds is 6. The Balaban J connectivity index is 1.45. The van der Waals surface area contributed by atoms with Gasteiger partial charge in [0.05, 0.1) is 29.2 Å². The zero-order valence-electron chi connectivity index (χ0n) is 18.6. The van der Waals surface area contributed by atoms with Gasteiger partial charge in [-0.05, 0) is 37.1 Å². The molecule has 0 spiro atoms. The second kappa shape index (κ2) is 9.56. The minimum atomic E-state index is -0.292. The van der Waals surface area contributed by atoms with E-state index < -0.39 is 0 Å². The zero-order valence-corrected chi connectivity index (χ0v) is 18.6. The van der Waals surface area contributed by atoms with Crippen molar-refractivity contribution >= 4 is 34.1 Å². The summed E-state index contributed by atoms with van der Waals surface area (Å²) in [6.07, 6.45) is 2.15. The summed E-state index contributed by atoms with van der Waals surface area (Å²) < 4.78 is 5.77. The van der Waals surface area contributed by atoms with E-state index in [1.54, 1.807) is 35.2 Å². The van der Waals surface area contributed by atoms with Gasteiger partial charge in [-0.15, -0.1) is 0 Å². The lowest BCUT2D eigenvalue weighted by atomic mass is 10.1. The minimum Gasteiger partial charge on any atom is -0.376 e. The number of nitrogens with one attached hydrogen (secondary N) is 1. The fourth-order valence-electron chi connectivity index (χ4n) is 4.30. The molecule has 174 valence electrons. The molecule has 1 fully saturated rings. The number of aromatic nitrogens is 2. The highest BCUT2D eigenvalue weighted by Crippen LogP contribution is 2.22. The van der Waals surface area contributed by atoms with E-state index >= 15 is 0 Å². The lowest BCUT2D eigenvalue weighted by Gasteiger charge is -2.28. The number of carbonyl (C=O) groups is 2. The van der Waals surface area contributed by atoms with Crippen molar-refractivity contribution < 1.29 is 14.3 Å². The predicted octanol–water partition coefficient (Wildman–Crippen LogP) is 2.61. The number of ether oxygens (including phenoxy) is 1. The van der Waals surface area contributed by atoms with Crippen LogP contribution in [0.25, 0.3) is 10.9 Å². The fraction of sp³-hybridized carbons (Fsp3) is 0.320. The van der Waals surface area contributed by atoms with Gasteiger partial charge in [-0.1, -0.05) is 30.3 Å². The maximum absolute atomic E-state index is 13.6. The second-order valence-electron chi connectivity index (χ2n) is 8.44. The third-order valence-electron chi connectivity index (χ3n) is 6.02. The van der Waals surface area contributed by atoms with Gasteiger partial charge in [-0.3, -0.25) is 14.4 Å². The number of carbonyl (C=O) groups excluding carboxylic acids is 2.